The van der Waals surface area contributed by atoms with Crippen molar-refractivity contribution in [2.24, 2.45) is 10.7 Å². The Bertz CT molecular complexity index is 807. The highest BCUT2D eigenvalue weighted by Crippen LogP contribution is 2.13. The van der Waals surface area contributed by atoms with Gasteiger partial charge in [0.15, 0.2) is 11.8 Å². The van der Waals surface area contributed by atoms with E-state index in [1.807, 2.05) is 36.4 Å². The third-order valence-electron chi connectivity index (χ3n) is 3.53. The first-order valence-electron chi connectivity index (χ1n) is 8.13. The number of nitrogens with two attached hydrogens (primary N) is 1. The smallest absolute Gasteiger partial charge is 0.276 e. The molecule has 3 rings (SSSR count). The summed E-state index contributed by atoms with van der Waals surface area (Å²) < 4.78 is 5.20. The minimum absolute atomic E-state index is 0. The summed E-state index contributed by atoms with van der Waals surface area (Å²) in [4.78, 5) is 12.8. The van der Waals surface area contributed by atoms with E-state index in [4.69, 9.17) is 10.3 Å². The minimum atomic E-state index is 0. The molecule has 26 heavy (non-hydrogen) atoms. The van der Waals surface area contributed by atoms with Crippen molar-refractivity contribution in [1.82, 2.24) is 20.4 Å². The predicted molar refractivity (Wildman–Crippen MR) is 111 cm³/mol. The summed E-state index contributed by atoms with van der Waals surface area (Å²) in [5, 5.41) is 7.04. The van der Waals surface area contributed by atoms with Crippen LogP contribution in [0.3, 0.4) is 0 Å². The van der Waals surface area contributed by atoms with E-state index >= 15 is 0 Å². The summed E-state index contributed by atoms with van der Waals surface area (Å²) >= 11 is 0. The van der Waals surface area contributed by atoms with Gasteiger partial charge in [-0.25, -0.2) is 0 Å². The molecule has 136 valence electrons. The lowest BCUT2D eigenvalue weighted by Crippen LogP contribution is -2.33. The molecule has 0 aliphatic heterocycles. The molecule has 0 radical (unpaired) electrons. The van der Waals surface area contributed by atoms with E-state index in [9.17, 15) is 0 Å². The van der Waals surface area contributed by atoms with Crippen LogP contribution in [0.25, 0.3) is 11.6 Å². The molecule has 3 N–H and O–H groups in total. The molecule has 2 heterocycles. The Balaban J connectivity index is 0.00000243. The quantitative estimate of drug-likeness (QED) is 0.317. The Kier molecular flexibility index (Phi) is 8.00. The maximum Gasteiger partial charge on any atom is 0.276 e. The molecule has 0 aliphatic rings. The minimum Gasteiger partial charge on any atom is -0.370 e. The Labute approximate surface area is 169 Å². The zero-order valence-corrected chi connectivity index (χ0v) is 16.5. The third-order valence-corrected chi connectivity index (χ3v) is 3.53. The highest BCUT2D eigenvalue weighted by molar-refractivity contribution is 14.0. The molecule has 0 bridgehead atoms. The molecule has 0 saturated carbocycles. The van der Waals surface area contributed by atoms with Crippen LogP contribution in [0.5, 0.6) is 0 Å². The molecule has 0 amide bonds. The second-order valence-electron chi connectivity index (χ2n) is 5.41. The van der Waals surface area contributed by atoms with Crippen LogP contribution in [0.2, 0.25) is 0 Å². The summed E-state index contributed by atoms with van der Waals surface area (Å²) in [6, 6.07) is 15.8. The number of aliphatic imine (C=N–C) groups is 1. The molecular formula is C18H21IN6O. The third kappa shape index (κ3) is 6.10. The number of hydrogen-bond acceptors (Lipinski definition) is 5. The average molecular weight is 464 g/mol. The van der Waals surface area contributed by atoms with Gasteiger partial charge in [-0.15, -0.1) is 24.0 Å². The molecule has 0 spiro atoms. The van der Waals surface area contributed by atoms with Gasteiger partial charge in [0.25, 0.3) is 5.89 Å². The van der Waals surface area contributed by atoms with Gasteiger partial charge in [0, 0.05) is 25.7 Å². The standard InChI is InChI=1S/C18H20N6O.HI/c19-18(21-12-9-14-6-2-1-3-7-14)22-13-10-16-23-17(25-24-16)15-8-4-5-11-20-15;/h1-8,11H,9-10,12-13H2,(H3,19,21,22);1H. The summed E-state index contributed by atoms with van der Waals surface area (Å²) in [6.45, 7) is 1.23. The van der Waals surface area contributed by atoms with Crippen LogP contribution in [0.4, 0.5) is 0 Å². The largest absolute Gasteiger partial charge is 0.370 e. The van der Waals surface area contributed by atoms with Gasteiger partial charge >= 0.3 is 0 Å². The van der Waals surface area contributed by atoms with E-state index in [-0.39, 0.29) is 24.0 Å². The van der Waals surface area contributed by atoms with Gasteiger partial charge in [-0.1, -0.05) is 41.6 Å². The molecule has 0 aliphatic carbocycles. The predicted octanol–water partition coefficient (Wildman–Crippen LogP) is 2.44. The summed E-state index contributed by atoms with van der Waals surface area (Å²) in [7, 11) is 0. The Morgan fingerprint density at radius 1 is 1.08 bits per heavy atom. The summed E-state index contributed by atoms with van der Waals surface area (Å²) in [5.41, 5.74) is 7.78. The highest BCUT2D eigenvalue weighted by Gasteiger charge is 2.08. The van der Waals surface area contributed by atoms with Crippen LogP contribution in [0.15, 0.2) is 64.2 Å². The molecule has 0 atom stereocenters. The van der Waals surface area contributed by atoms with Gasteiger partial charge in [0.1, 0.15) is 5.69 Å². The molecule has 0 saturated heterocycles. The molecule has 3 aromatic rings. The normalized spacial score (nSPS) is 11.0. The van der Waals surface area contributed by atoms with Gasteiger partial charge in [-0.3, -0.25) is 9.98 Å². The second kappa shape index (κ2) is 10.5. The van der Waals surface area contributed by atoms with Gasteiger partial charge in [0.05, 0.1) is 0 Å². The topological polar surface area (TPSA) is 102 Å². The van der Waals surface area contributed by atoms with Crippen molar-refractivity contribution in [3.63, 3.8) is 0 Å². The van der Waals surface area contributed by atoms with Gasteiger partial charge in [0.2, 0.25) is 0 Å². The van der Waals surface area contributed by atoms with Crippen LogP contribution in [-0.2, 0) is 12.8 Å². The number of halogens is 1. The number of hydrogen-bond donors (Lipinski definition) is 2. The van der Waals surface area contributed by atoms with E-state index in [2.05, 4.69) is 37.6 Å². The van der Waals surface area contributed by atoms with Crippen LogP contribution in [-0.4, -0.2) is 34.2 Å². The number of rotatable bonds is 7. The van der Waals surface area contributed by atoms with E-state index in [1.165, 1.54) is 5.56 Å². The SMILES string of the molecule is I.NC(=NCCc1noc(-c2ccccn2)n1)NCCc1ccccc1. The molecule has 7 nitrogen and oxygen atoms in total. The molecule has 1 aromatic carbocycles. The lowest BCUT2D eigenvalue weighted by molar-refractivity contribution is 0.421. The monoisotopic (exact) mass is 464 g/mol. The van der Waals surface area contributed by atoms with Gasteiger partial charge < -0.3 is 15.6 Å². The van der Waals surface area contributed by atoms with Crippen molar-refractivity contribution in [3.8, 4) is 11.6 Å². The maximum absolute atomic E-state index is 5.86. The van der Waals surface area contributed by atoms with Crippen LogP contribution >= 0.6 is 24.0 Å². The van der Waals surface area contributed by atoms with Crippen LogP contribution < -0.4 is 11.1 Å². The van der Waals surface area contributed by atoms with Gasteiger partial charge in [-0.2, -0.15) is 4.98 Å². The highest BCUT2D eigenvalue weighted by atomic mass is 127. The van der Waals surface area contributed by atoms with Crippen molar-refractivity contribution in [2.75, 3.05) is 13.1 Å². The fraction of sp³-hybridized carbons (Fsp3) is 0.222. The number of aromatic nitrogens is 3. The molecule has 2 aromatic heterocycles. The first-order valence-corrected chi connectivity index (χ1v) is 8.13. The zero-order chi connectivity index (χ0) is 17.3. The Morgan fingerprint density at radius 3 is 2.65 bits per heavy atom. The number of benzene rings is 1. The Hall–Kier alpha value is -2.49. The second-order valence-corrected chi connectivity index (χ2v) is 5.41. The van der Waals surface area contributed by atoms with Crippen molar-refractivity contribution >= 4 is 29.9 Å². The first kappa shape index (κ1) is 19.8. The van der Waals surface area contributed by atoms with Crippen LogP contribution in [0.1, 0.15) is 11.4 Å². The lowest BCUT2D eigenvalue weighted by Gasteiger charge is -2.05. The molecule has 0 fully saturated rings. The lowest BCUT2D eigenvalue weighted by atomic mass is 10.1. The number of pyridine rings is 1. The van der Waals surface area contributed by atoms with E-state index in [1.54, 1.807) is 6.20 Å². The molecule has 0 unspecified atom stereocenters. The van der Waals surface area contributed by atoms with Crippen molar-refractivity contribution in [1.29, 1.82) is 0 Å². The number of nitrogens with one attached hydrogen (secondary N) is 1. The van der Waals surface area contributed by atoms with Crippen molar-refractivity contribution < 1.29 is 4.52 Å². The Morgan fingerprint density at radius 2 is 1.88 bits per heavy atom. The fourth-order valence-electron chi connectivity index (χ4n) is 2.26. The first-order chi connectivity index (χ1) is 12.3. The van der Waals surface area contributed by atoms with E-state index < -0.39 is 0 Å². The molecule has 8 heteroatoms. The van der Waals surface area contributed by atoms with Gasteiger partial charge in [-0.05, 0) is 24.1 Å². The molecular weight excluding hydrogens is 443 g/mol. The fourth-order valence-corrected chi connectivity index (χ4v) is 2.26. The van der Waals surface area contributed by atoms with E-state index in [0.717, 1.165) is 13.0 Å². The maximum atomic E-state index is 5.86. The summed E-state index contributed by atoms with van der Waals surface area (Å²) in [6.07, 6.45) is 3.14. The average Bonchev–Trinajstić information content (AvgIpc) is 3.12. The van der Waals surface area contributed by atoms with Crippen LogP contribution in [0, 0.1) is 0 Å². The number of guanidine groups is 1. The van der Waals surface area contributed by atoms with Crippen molar-refractivity contribution in [2.45, 2.75) is 12.8 Å². The van der Waals surface area contributed by atoms with E-state index in [0.29, 0.717) is 36.3 Å². The summed E-state index contributed by atoms with van der Waals surface area (Å²) in [5.74, 6) is 1.42. The van der Waals surface area contributed by atoms with Crippen molar-refractivity contribution in [3.05, 3.63) is 66.1 Å². The zero-order valence-electron chi connectivity index (χ0n) is 14.2. The number of nitrogens with zero attached hydrogens (tertiary/aromatic N) is 4.